The highest BCUT2D eigenvalue weighted by atomic mass is 16.6. The Bertz CT molecular complexity index is 731. The first-order chi connectivity index (χ1) is 19.4. The van der Waals surface area contributed by atoms with Crippen molar-refractivity contribution >= 4 is 23.6 Å². The number of ether oxygens (including phenoxy) is 5. The van der Waals surface area contributed by atoms with Gasteiger partial charge in [-0.2, -0.15) is 0 Å². The molecule has 1 unspecified atom stereocenters. The minimum Gasteiger partial charge on any atom is -0.379 e. The molecule has 4 N–H and O–H groups in total. The summed E-state index contributed by atoms with van der Waals surface area (Å²) >= 11 is 0. The minimum atomic E-state index is -0.449. The first-order valence-corrected chi connectivity index (χ1v) is 13.8. The van der Waals surface area contributed by atoms with Crippen LogP contribution in [0.5, 0.6) is 0 Å². The van der Waals surface area contributed by atoms with Gasteiger partial charge in [0.1, 0.15) is 6.61 Å². The Morgan fingerprint density at radius 3 is 1.90 bits per heavy atom. The van der Waals surface area contributed by atoms with Crippen molar-refractivity contribution in [1.82, 2.24) is 21.3 Å². The predicted molar refractivity (Wildman–Crippen MR) is 148 cm³/mol. The molecule has 0 aromatic heterocycles. The summed E-state index contributed by atoms with van der Waals surface area (Å²) < 4.78 is 27.1. The fourth-order valence-electron chi connectivity index (χ4n) is 2.97. The van der Waals surface area contributed by atoms with E-state index < -0.39 is 5.91 Å². The molecule has 40 heavy (non-hydrogen) atoms. The molecular weight excluding hydrogens is 524 g/mol. The van der Waals surface area contributed by atoms with E-state index in [9.17, 15) is 19.2 Å². The third kappa shape index (κ3) is 26.8. The van der Waals surface area contributed by atoms with E-state index in [0.29, 0.717) is 52.8 Å². The zero-order valence-corrected chi connectivity index (χ0v) is 24.1. The van der Waals surface area contributed by atoms with Crippen LogP contribution in [0.1, 0.15) is 45.4 Å². The molecule has 0 saturated carbocycles. The van der Waals surface area contributed by atoms with Gasteiger partial charge in [0, 0.05) is 26.4 Å². The van der Waals surface area contributed by atoms with Gasteiger partial charge >= 0.3 is 0 Å². The average Bonchev–Trinajstić information content (AvgIpc) is 2.95. The molecule has 0 aromatic carbocycles. The topological polar surface area (TPSA) is 163 Å². The maximum absolute atomic E-state index is 11.8. The molecule has 13 heteroatoms. The summed E-state index contributed by atoms with van der Waals surface area (Å²) in [7, 11) is 1.46. The summed E-state index contributed by atoms with van der Waals surface area (Å²) in [4.78, 5) is 46.0. The van der Waals surface area contributed by atoms with Crippen molar-refractivity contribution in [3.8, 4) is 12.3 Å². The van der Waals surface area contributed by atoms with Gasteiger partial charge in [0.2, 0.25) is 23.6 Å². The SMILES string of the molecule is C#CCCCCCC(C)OCC(=O)NCCOCCOCCOCCOCCC(=O)NCC(=O)NCC(=O)NC. The van der Waals surface area contributed by atoms with Crippen LogP contribution in [0.25, 0.3) is 0 Å². The van der Waals surface area contributed by atoms with Crippen molar-refractivity contribution in [2.45, 2.75) is 51.6 Å². The number of carbonyl (C=O) groups excluding carboxylic acids is 4. The van der Waals surface area contributed by atoms with Crippen molar-refractivity contribution in [3.05, 3.63) is 0 Å². The van der Waals surface area contributed by atoms with E-state index in [1.165, 1.54) is 7.05 Å². The van der Waals surface area contributed by atoms with Crippen molar-refractivity contribution in [2.75, 3.05) is 86.1 Å². The predicted octanol–water partition coefficient (Wildman–Crippen LogP) is -0.474. The lowest BCUT2D eigenvalue weighted by Crippen LogP contribution is -2.41. The molecular formula is C27H48N4O9. The highest BCUT2D eigenvalue weighted by molar-refractivity contribution is 5.88. The van der Waals surface area contributed by atoms with E-state index in [4.69, 9.17) is 30.1 Å². The number of carbonyl (C=O) groups is 4. The lowest BCUT2D eigenvalue weighted by atomic mass is 10.1. The van der Waals surface area contributed by atoms with Crippen molar-refractivity contribution in [1.29, 1.82) is 0 Å². The Hall–Kier alpha value is -2.76. The highest BCUT2D eigenvalue weighted by Crippen LogP contribution is 2.07. The van der Waals surface area contributed by atoms with Gasteiger partial charge in [-0.1, -0.05) is 12.8 Å². The average molecular weight is 573 g/mol. The second kappa shape index (κ2) is 27.8. The highest BCUT2D eigenvalue weighted by Gasteiger charge is 2.08. The Kier molecular flexibility index (Phi) is 25.9. The molecule has 0 bridgehead atoms. The summed E-state index contributed by atoms with van der Waals surface area (Å²) in [5.74, 6) is 1.37. The van der Waals surface area contributed by atoms with Crippen molar-refractivity contribution in [2.24, 2.45) is 0 Å². The molecule has 0 aromatic rings. The Morgan fingerprint density at radius 2 is 1.27 bits per heavy atom. The number of rotatable bonds is 27. The van der Waals surface area contributed by atoms with Gasteiger partial charge in [0.15, 0.2) is 0 Å². The number of terminal acetylenes is 1. The number of hydrogen-bond acceptors (Lipinski definition) is 9. The lowest BCUT2D eigenvalue weighted by molar-refractivity contribution is -0.128. The number of hydrogen-bond donors (Lipinski definition) is 4. The molecule has 0 aliphatic carbocycles. The van der Waals surface area contributed by atoms with E-state index >= 15 is 0 Å². The fourth-order valence-corrected chi connectivity index (χ4v) is 2.97. The Labute approximate surface area is 238 Å². The molecule has 0 heterocycles. The van der Waals surface area contributed by atoms with E-state index in [2.05, 4.69) is 27.2 Å². The van der Waals surface area contributed by atoms with E-state index in [1.54, 1.807) is 0 Å². The second-order valence-electron chi connectivity index (χ2n) is 8.70. The van der Waals surface area contributed by atoms with Gasteiger partial charge in [-0.3, -0.25) is 19.2 Å². The quantitative estimate of drug-likeness (QED) is 0.0753. The third-order valence-corrected chi connectivity index (χ3v) is 5.26. The van der Waals surface area contributed by atoms with E-state index in [1.807, 2.05) is 6.92 Å². The molecule has 0 saturated heterocycles. The number of amides is 4. The molecule has 0 fully saturated rings. The lowest BCUT2D eigenvalue weighted by Gasteiger charge is -2.13. The molecule has 13 nitrogen and oxygen atoms in total. The summed E-state index contributed by atoms with van der Waals surface area (Å²) in [6, 6.07) is 0. The van der Waals surface area contributed by atoms with Crippen LogP contribution in [0.2, 0.25) is 0 Å². The first kappa shape index (κ1) is 37.2. The molecule has 0 rings (SSSR count). The standard InChI is InChI=1S/C27H48N4O9/c1-4-5-6-7-8-9-23(2)40-22-27(35)29-11-13-37-15-17-39-19-18-38-16-14-36-12-10-24(32)30-21-26(34)31-20-25(33)28-3/h1,23H,5-22H2,2-3H3,(H,28,33)(H,29,35)(H,30,32)(H,31,34). The summed E-state index contributed by atoms with van der Waals surface area (Å²) in [5.41, 5.74) is 0. The number of likely N-dealkylation sites (N-methyl/N-ethyl adjacent to an activating group) is 1. The van der Waals surface area contributed by atoms with Crippen LogP contribution in [0, 0.1) is 12.3 Å². The van der Waals surface area contributed by atoms with Crippen LogP contribution in [0.3, 0.4) is 0 Å². The van der Waals surface area contributed by atoms with Crippen LogP contribution in [-0.4, -0.2) is 116 Å². The van der Waals surface area contributed by atoms with Crippen molar-refractivity contribution in [3.63, 3.8) is 0 Å². The molecule has 0 aliphatic heterocycles. The number of nitrogens with one attached hydrogen (secondary N) is 4. The van der Waals surface area contributed by atoms with Gasteiger partial charge in [-0.05, 0) is 19.8 Å². The zero-order valence-electron chi connectivity index (χ0n) is 24.1. The van der Waals surface area contributed by atoms with Gasteiger partial charge in [-0.15, -0.1) is 12.3 Å². The van der Waals surface area contributed by atoms with Crippen LogP contribution < -0.4 is 21.3 Å². The fraction of sp³-hybridized carbons (Fsp3) is 0.778. The van der Waals surface area contributed by atoms with Crippen LogP contribution in [0.4, 0.5) is 0 Å². The Morgan fingerprint density at radius 1 is 0.700 bits per heavy atom. The van der Waals surface area contributed by atoms with Crippen LogP contribution >= 0.6 is 0 Å². The van der Waals surface area contributed by atoms with Crippen LogP contribution in [0.15, 0.2) is 0 Å². The van der Waals surface area contributed by atoms with E-state index in [0.717, 1.165) is 32.1 Å². The van der Waals surface area contributed by atoms with Gasteiger partial charge in [0.25, 0.3) is 0 Å². The van der Waals surface area contributed by atoms with Gasteiger partial charge < -0.3 is 45.0 Å². The van der Waals surface area contributed by atoms with E-state index in [-0.39, 0.29) is 56.5 Å². The zero-order chi connectivity index (χ0) is 29.7. The monoisotopic (exact) mass is 572 g/mol. The molecule has 0 spiro atoms. The normalized spacial score (nSPS) is 11.3. The smallest absolute Gasteiger partial charge is 0.246 e. The number of unbranched alkanes of at least 4 members (excludes halogenated alkanes) is 3. The summed E-state index contributed by atoms with van der Waals surface area (Å²) in [6.45, 7) is 4.96. The second-order valence-corrected chi connectivity index (χ2v) is 8.70. The van der Waals surface area contributed by atoms with Crippen LogP contribution in [-0.2, 0) is 42.9 Å². The molecule has 1 atom stereocenters. The van der Waals surface area contributed by atoms with Gasteiger partial charge in [0.05, 0.1) is 72.0 Å². The maximum Gasteiger partial charge on any atom is 0.246 e. The molecule has 0 aliphatic rings. The Balaban J connectivity index is 3.37. The molecule has 230 valence electrons. The maximum atomic E-state index is 11.8. The largest absolute Gasteiger partial charge is 0.379 e. The summed E-state index contributed by atoms with van der Waals surface area (Å²) in [6.07, 6.45) is 10.2. The summed E-state index contributed by atoms with van der Waals surface area (Å²) in [5, 5.41) is 9.95. The molecule has 0 radical (unpaired) electrons. The van der Waals surface area contributed by atoms with Gasteiger partial charge in [-0.25, -0.2) is 0 Å². The van der Waals surface area contributed by atoms with Crippen molar-refractivity contribution < 1.29 is 42.9 Å². The minimum absolute atomic E-state index is 0.0382. The molecule has 4 amide bonds. The first-order valence-electron chi connectivity index (χ1n) is 13.8. The third-order valence-electron chi connectivity index (χ3n) is 5.26.